The highest BCUT2D eigenvalue weighted by atomic mass is 35.5. The molecule has 1 amide bonds. The van der Waals surface area contributed by atoms with Crippen molar-refractivity contribution in [2.45, 2.75) is 6.92 Å². The van der Waals surface area contributed by atoms with Crippen molar-refractivity contribution < 1.29 is 19.1 Å². The van der Waals surface area contributed by atoms with Gasteiger partial charge in [0, 0.05) is 5.02 Å². The first-order valence-electron chi connectivity index (χ1n) is 9.09. The van der Waals surface area contributed by atoms with Crippen LogP contribution < -0.4 is 14.9 Å². The van der Waals surface area contributed by atoms with Crippen LogP contribution in [0.3, 0.4) is 0 Å². The van der Waals surface area contributed by atoms with Crippen LogP contribution in [0.25, 0.3) is 0 Å². The van der Waals surface area contributed by atoms with E-state index in [2.05, 4.69) is 10.5 Å². The van der Waals surface area contributed by atoms with Crippen molar-refractivity contribution in [3.05, 3.63) is 94.5 Å². The number of halogens is 1. The summed E-state index contributed by atoms with van der Waals surface area (Å²) in [6, 6.07) is 20.6. The molecule has 0 saturated heterocycles. The molecule has 0 spiro atoms. The fourth-order valence-corrected chi connectivity index (χ4v) is 2.55. The Labute approximate surface area is 179 Å². The summed E-state index contributed by atoms with van der Waals surface area (Å²) in [6.07, 6.45) is 1.48. The van der Waals surface area contributed by atoms with E-state index < -0.39 is 11.9 Å². The summed E-state index contributed by atoms with van der Waals surface area (Å²) in [5, 5.41) is 4.53. The highest BCUT2D eigenvalue weighted by molar-refractivity contribution is 6.31. The van der Waals surface area contributed by atoms with E-state index in [4.69, 9.17) is 21.1 Å². The third kappa shape index (κ3) is 6.18. The monoisotopic (exact) mass is 422 g/mol. The van der Waals surface area contributed by atoms with Crippen LogP contribution in [-0.2, 0) is 4.79 Å². The molecule has 0 saturated carbocycles. The molecule has 0 fully saturated rings. The van der Waals surface area contributed by atoms with Crippen molar-refractivity contribution in [2.75, 3.05) is 6.61 Å². The van der Waals surface area contributed by atoms with Crippen LogP contribution in [-0.4, -0.2) is 24.7 Å². The van der Waals surface area contributed by atoms with Gasteiger partial charge in [0.05, 0.1) is 11.8 Å². The van der Waals surface area contributed by atoms with Crippen molar-refractivity contribution in [1.82, 2.24) is 5.43 Å². The normalized spacial score (nSPS) is 10.6. The van der Waals surface area contributed by atoms with Gasteiger partial charge in [-0.05, 0) is 72.6 Å². The number of carbonyl (C=O) groups excluding carboxylic acids is 2. The summed E-state index contributed by atoms with van der Waals surface area (Å²) < 4.78 is 10.7. The van der Waals surface area contributed by atoms with Crippen molar-refractivity contribution in [1.29, 1.82) is 0 Å². The van der Waals surface area contributed by atoms with Crippen molar-refractivity contribution >= 4 is 29.7 Å². The lowest BCUT2D eigenvalue weighted by molar-refractivity contribution is -0.123. The predicted octanol–water partition coefficient (Wildman–Crippen LogP) is 4.40. The van der Waals surface area contributed by atoms with E-state index in [1.54, 1.807) is 66.7 Å². The molecule has 0 aliphatic rings. The molecule has 0 atom stereocenters. The van der Waals surface area contributed by atoms with Gasteiger partial charge in [-0.15, -0.1) is 0 Å². The van der Waals surface area contributed by atoms with Crippen molar-refractivity contribution in [3.8, 4) is 11.5 Å². The van der Waals surface area contributed by atoms with E-state index in [1.165, 1.54) is 6.21 Å². The summed E-state index contributed by atoms with van der Waals surface area (Å²) in [4.78, 5) is 23.9. The average Bonchev–Trinajstić information content (AvgIpc) is 2.76. The van der Waals surface area contributed by atoms with Crippen LogP contribution in [0.4, 0.5) is 0 Å². The summed E-state index contributed by atoms with van der Waals surface area (Å²) in [7, 11) is 0. The van der Waals surface area contributed by atoms with Gasteiger partial charge in [0.25, 0.3) is 5.91 Å². The first-order valence-corrected chi connectivity index (χ1v) is 9.47. The van der Waals surface area contributed by atoms with E-state index in [-0.39, 0.29) is 6.61 Å². The molecule has 0 bridgehead atoms. The van der Waals surface area contributed by atoms with Crippen molar-refractivity contribution in [2.24, 2.45) is 5.10 Å². The first kappa shape index (κ1) is 21.1. The fourth-order valence-electron chi connectivity index (χ4n) is 2.43. The quantitative estimate of drug-likeness (QED) is 0.265. The Morgan fingerprint density at radius 1 is 1.00 bits per heavy atom. The second-order valence-electron chi connectivity index (χ2n) is 6.32. The van der Waals surface area contributed by atoms with Gasteiger partial charge in [-0.1, -0.05) is 29.8 Å². The molecule has 0 aliphatic carbocycles. The highest BCUT2D eigenvalue weighted by Crippen LogP contribution is 2.20. The molecule has 0 aromatic heterocycles. The minimum absolute atomic E-state index is 0.174. The Hall–Kier alpha value is -3.64. The SMILES string of the molecule is Cc1cc(OCC(=O)N/N=C/c2ccc(OC(=O)c3ccccc3)cc2)ccc1Cl. The molecule has 152 valence electrons. The fraction of sp³-hybridized carbons (Fsp3) is 0.0870. The van der Waals surface area contributed by atoms with Gasteiger partial charge in [0.15, 0.2) is 6.61 Å². The zero-order valence-electron chi connectivity index (χ0n) is 16.2. The number of aryl methyl sites for hydroxylation is 1. The number of hydrogen-bond donors (Lipinski definition) is 1. The molecule has 0 heterocycles. The van der Waals surface area contributed by atoms with Crippen LogP contribution >= 0.6 is 11.6 Å². The summed E-state index contributed by atoms with van der Waals surface area (Å²) in [6.45, 7) is 1.68. The zero-order valence-corrected chi connectivity index (χ0v) is 16.9. The van der Waals surface area contributed by atoms with Gasteiger partial charge in [-0.25, -0.2) is 10.2 Å². The van der Waals surface area contributed by atoms with Crippen LogP contribution in [0.5, 0.6) is 11.5 Å². The maximum Gasteiger partial charge on any atom is 0.343 e. The second kappa shape index (κ2) is 10.2. The number of amides is 1. The lowest BCUT2D eigenvalue weighted by Gasteiger charge is -2.06. The minimum atomic E-state index is -0.430. The zero-order chi connectivity index (χ0) is 21.3. The van der Waals surface area contributed by atoms with E-state index in [1.807, 2.05) is 13.0 Å². The summed E-state index contributed by atoms with van der Waals surface area (Å²) >= 11 is 5.95. The Morgan fingerprint density at radius 2 is 1.70 bits per heavy atom. The lowest BCUT2D eigenvalue weighted by atomic mass is 10.2. The smallest absolute Gasteiger partial charge is 0.343 e. The standard InChI is InChI=1S/C23H19ClN2O4/c1-16-13-20(11-12-21(16)24)29-15-22(27)26-25-14-17-7-9-19(10-8-17)30-23(28)18-5-3-2-4-6-18/h2-14H,15H2,1H3,(H,26,27)/b25-14+. The molecule has 3 aromatic carbocycles. The number of hydrazone groups is 1. The lowest BCUT2D eigenvalue weighted by Crippen LogP contribution is -2.24. The van der Waals surface area contributed by atoms with E-state index in [0.717, 1.165) is 11.1 Å². The van der Waals surface area contributed by atoms with Gasteiger partial charge in [0.2, 0.25) is 0 Å². The second-order valence-corrected chi connectivity index (χ2v) is 6.72. The highest BCUT2D eigenvalue weighted by Gasteiger charge is 2.07. The molecular formula is C23H19ClN2O4. The maximum atomic E-state index is 12.0. The number of nitrogens with zero attached hydrogens (tertiary/aromatic N) is 1. The van der Waals surface area contributed by atoms with E-state index in [9.17, 15) is 9.59 Å². The Morgan fingerprint density at radius 3 is 2.40 bits per heavy atom. The summed E-state index contributed by atoms with van der Waals surface area (Å²) in [5.41, 5.74) is 4.46. The molecule has 0 radical (unpaired) electrons. The van der Waals surface area contributed by atoms with E-state index >= 15 is 0 Å². The number of carbonyl (C=O) groups is 2. The Bertz CT molecular complexity index is 1050. The number of nitrogens with one attached hydrogen (secondary N) is 1. The third-order valence-corrected chi connectivity index (χ3v) is 4.43. The average molecular weight is 423 g/mol. The molecule has 30 heavy (non-hydrogen) atoms. The van der Waals surface area contributed by atoms with Gasteiger partial charge < -0.3 is 9.47 Å². The number of hydrogen-bond acceptors (Lipinski definition) is 5. The maximum absolute atomic E-state index is 12.0. The number of rotatable bonds is 7. The minimum Gasteiger partial charge on any atom is -0.484 e. The third-order valence-electron chi connectivity index (χ3n) is 4.00. The van der Waals surface area contributed by atoms with E-state index in [0.29, 0.717) is 22.1 Å². The van der Waals surface area contributed by atoms with Crippen LogP contribution in [0, 0.1) is 6.92 Å². The summed E-state index contributed by atoms with van der Waals surface area (Å²) in [5.74, 6) is 0.140. The number of benzene rings is 3. The van der Waals surface area contributed by atoms with Gasteiger partial charge >= 0.3 is 5.97 Å². The molecule has 7 heteroatoms. The van der Waals surface area contributed by atoms with Crippen LogP contribution in [0.15, 0.2) is 77.9 Å². The largest absolute Gasteiger partial charge is 0.484 e. The van der Waals surface area contributed by atoms with Gasteiger partial charge in [0.1, 0.15) is 11.5 Å². The van der Waals surface area contributed by atoms with Crippen molar-refractivity contribution in [3.63, 3.8) is 0 Å². The molecular weight excluding hydrogens is 404 g/mol. The molecule has 3 aromatic rings. The topological polar surface area (TPSA) is 77.0 Å². The first-order chi connectivity index (χ1) is 14.5. The van der Waals surface area contributed by atoms with Crippen LogP contribution in [0.1, 0.15) is 21.5 Å². The number of ether oxygens (including phenoxy) is 2. The molecule has 1 N–H and O–H groups in total. The molecule has 3 rings (SSSR count). The molecule has 6 nitrogen and oxygen atoms in total. The number of esters is 1. The Balaban J connectivity index is 1.46. The van der Waals surface area contributed by atoms with Gasteiger partial charge in [-0.3, -0.25) is 4.79 Å². The Kier molecular flexibility index (Phi) is 7.19. The predicted molar refractivity (Wildman–Crippen MR) is 115 cm³/mol. The van der Waals surface area contributed by atoms with Gasteiger partial charge in [-0.2, -0.15) is 5.10 Å². The molecule has 0 aliphatic heterocycles. The van der Waals surface area contributed by atoms with Crippen LogP contribution in [0.2, 0.25) is 5.02 Å². The molecule has 0 unspecified atom stereocenters.